The van der Waals surface area contributed by atoms with Crippen LogP contribution in [0.5, 0.6) is 0 Å². The summed E-state index contributed by atoms with van der Waals surface area (Å²) in [7, 11) is 0. The van der Waals surface area contributed by atoms with Gasteiger partial charge in [-0.15, -0.1) is 0 Å². The molecule has 0 aliphatic carbocycles. The lowest BCUT2D eigenvalue weighted by Gasteiger charge is -1.98. The molecule has 27 heavy (non-hydrogen) atoms. The van der Waals surface area contributed by atoms with Crippen molar-refractivity contribution in [3.63, 3.8) is 0 Å². The Morgan fingerprint density at radius 3 is 2.15 bits per heavy atom. The molecule has 151 valence electrons. The highest BCUT2D eigenvalue weighted by molar-refractivity contribution is 5.50. The zero-order valence-electron chi connectivity index (χ0n) is 16.2. The van der Waals surface area contributed by atoms with Gasteiger partial charge in [0.05, 0.1) is 16.3 Å². The van der Waals surface area contributed by atoms with E-state index in [-0.39, 0.29) is 37.1 Å². The average Bonchev–Trinajstić information content (AvgIpc) is 2.63. The minimum Gasteiger partial charge on any atom is -0.291 e. The van der Waals surface area contributed by atoms with Crippen LogP contribution >= 0.6 is 0 Å². The highest BCUT2D eigenvalue weighted by Crippen LogP contribution is 2.12. The van der Waals surface area contributed by atoms with Crippen LogP contribution in [0.15, 0.2) is 35.7 Å². The summed E-state index contributed by atoms with van der Waals surface area (Å²) in [5.74, 6) is 0. The van der Waals surface area contributed by atoms with Crippen molar-refractivity contribution >= 4 is 6.29 Å². The Bertz CT molecular complexity index is 538. The summed E-state index contributed by atoms with van der Waals surface area (Å²) in [4.78, 5) is 31.2. The molecule has 0 aliphatic rings. The maximum absolute atomic E-state index is 11.1. The van der Waals surface area contributed by atoms with Crippen molar-refractivity contribution in [3.8, 4) is 0 Å². The van der Waals surface area contributed by atoms with Gasteiger partial charge < -0.3 is 0 Å². The number of nitrogens with zero attached hydrogens (tertiary/aromatic N) is 2. The normalized spacial score (nSPS) is 12.5. The van der Waals surface area contributed by atoms with Gasteiger partial charge in [-0.05, 0) is 37.8 Å². The van der Waals surface area contributed by atoms with Gasteiger partial charge in [0.1, 0.15) is 0 Å². The van der Waals surface area contributed by atoms with E-state index in [9.17, 15) is 25.0 Å². The van der Waals surface area contributed by atoms with Crippen LogP contribution in [0.3, 0.4) is 0 Å². The summed E-state index contributed by atoms with van der Waals surface area (Å²) in [5.41, 5.74) is 0.0113. The van der Waals surface area contributed by atoms with Crippen molar-refractivity contribution in [2.75, 3.05) is 0 Å². The smallest absolute Gasteiger partial charge is 0.246 e. The molecule has 0 saturated heterocycles. The Hall–Kier alpha value is -2.31. The molecule has 1 radical (unpaired) electrons. The molecule has 0 unspecified atom stereocenters. The summed E-state index contributed by atoms with van der Waals surface area (Å²) in [6.45, 7) is 2.18. The first-order valence-electron chi connectivity index (χ1n) is 9.69. The fraction of sp³-hybridized carbons (Fsp3) is 0.650. The van der Waals surface area contributed by atoms with Gasteiger partial charge in [0, 0.05) is 12.8 Å². The number of hydrogen-bond acceptors (Lipinski definition) is 5. The average molecular weight is 379 g/mol. The molecule has 0 saturated carbocycles. The third kappa shape index (κ3) is 14.5. The van der Waals surface area contributed by atoms with Crippen LogP contribution in [0.4, 0.5) is 0 Å². The molecule has 0 aliphatic heterocycles. The first-order chi connectivity index (χ1) is 13.0. The number of unbranched alkanes of at least 4 members (excludes halogenated alkanes) is 7. The molecule has 7 nitrogen and oxygen atoms in total. The Kier molecular flexibility index (Phi) is 15.7. The Morgan fingerprint density at radius 2 is 1.52 bits per heavy atom. The topological polar surface area (TPSA) is 103 Å². The molecule has 7 heteroatoms. The van der Waals surface area contributed by atoms with Crippen LogP contribution in [0.25, 0.3) is 0 Å². The Balaban J connectivity index is 4.38. The van der Waals surface area contributed by atoms with Crippen LogP contribution in [-0.4, -0.2) is 16.1 Å². The maximum atomic E-state index is 11.1. The fourth-order valence-corrected chi connectivity index (χ4v) is 2.54. The van der Waals surface area contributed by atoms with E-state index >= 15 is 0 Å². The molecule has 0 aromatic carbocycles. The van der Waals surface area contributed by atoms with Crippen LogP contribution in [0, 0.1) is 20.2 Å². The first-order valence-corrected chi connectivity index (χ1v) is 9.69. The molecule has 0 bridgehead atoms. The van der Waals surface area contributed by atoms with E-state index in [2.05, 4.69) is 6.92 Å². The molecule has 0 heterocycles. The third-order valence-electron chi connectivity index (χ3n) is 4.11. The zero-order chi connectivity index (χ0) is 20.3. The number of hydrogen-bond donors (Lipinski definition) is 0. The van der Waals surface area contributed by atoms with E-state index < -0.39 is 9.85 Å². The molecular formula is C20H31N2O5. The molecule has 0 N–H and O–H groups in total. The van der Waals surface area contributed by atoms with Crippen LogP contribution in [0.1, 0.15) is 84.0 Å². The molecule has 0 aromatic heterocycles. The van der Waals surface area contributed by atoms with Crippen molar-refractivity contribution < 1.29 is 14.6 Å². The summed E-state index contributed by atoms with van der Waals surface area (Å²) in [6, 6.07) is 0. The van der Waals surface area contributed by atoms with Crippen molar-refractivity contribution in [1.29, 1.82) is 0 Å². The number of nitro groups is 2. The standard InChI is InChI=1S/C20H31N2O5/c1-2-3-4-5-6-7-8-9-10-14-19(21(24)25)16-13-17-20(22(26)27)15-11-12-18-23/h9-10,16-17H,2-8,11-15H2,1H3/b10-9-,19-16+,20-17+. The molecule has 0 atom stereocenters. The van der Waals surface area contributed by atoms with Crippen LogP contribution in [-0.2, 0) is 4.79 Å². The third-order valence-corrected chi connectivity index (χ3v) is 4.11. The second kappa shape index (κ2) is 17.1. The predicted molar refractivity (Wildman–Crippen MR) is 106 cm³/mol. The second-order valence-corrected chi connectivity index (χ2v) is 6.37. The lowest BCUT2D eigenvalue weighted by atomic mass is 10.1. The summed E-state index contributed by atoms with van der Waals surface area (Å²) in [6.07, 6.45) is 17.4. The first kappa shape index (κ1) is 24.7. The largest absolute Gasteiger partial charge is 0.291 e. The Morgan fingerprint density at radius 1 is 0.889 bits per heavy atom. The van der Waals surface area contributed by atoms with Crippen molar-refractivity contribution in [2.24, 2.45) is 0 Å². The van der Waals surface area contributed by atoms with Gasteiger partial charge in [-0.3, -0.25) is 25.0 Å². The monoisotopic (exact) mass is 379 g/mol. The minimum absolute atomic E-state index is 0.0252. The summed E-state index contributed by atoms with van der Waals surface area (Å²) < 4.78 is 0. The summed E-state index contributed by atoms with van der Waals surface area (Å²) in [5, 5.41) is 22.0. The highest BCUT2D eigenvalue weighted by atomic mass is 16.6. The van der Waals surface area contributed by atoms with Gasteiger partial charge in [0.15, 0.2) is 6.29 Å². The van der Waals surface area contributed by atoms with E-state index in [4.69, 9.17) is 0 Å². The zero-order valence-corrected chi connectivity index (χ0v) is 16.2. The fourth-order valence-electron chi connectivity index (χ4n) is 2.54. The highest BCUT2D eigenvalue weighted by Gasteiger charge is 2.11. The van der Waals surface area contributed by atoms with Crippen LogP contribution < -0.4 is 0 Å². The van der Waals surface area contributed by atoms with E-state index in [0.717, 1.165) is 12.8 Å². The van der Waals surface area contributed by atoms with Gasteiger partial charge >= 0.3 is 0 Å². The quantitative estimate of drug-likeness (QED) is 0.140. The van der Waals surface area contributed by atoms with Gasteiger partial charge in [-0.1, -0.05) is 51.2 Å². The van der Waals surface area contributed by atoms with E-state index in [1.165, 1.54) is 44.3 Å². The maximum Gasteiger partial charge on any atom is 0.246 e. The number of carbonyl (C=O) groups excluding carboxylic acids is 1. The lowest BCUT2D eigenvalue weighted by molar-refractivity contribution is -0.428. The molecule has 0 rings (SSSR count). The van der Waals surface area contributed by atoms with Crippen molar-refractivity contribution in [1.82, 2.24) is 0 Å². The van der Waals surface area contributed by atoms with Gasteiger partial charge in [0.25, 0.3) is 0 Å². The van der Waals surface area contributed by atoms with Gasteiger partial charge in [0.2, 0.25) is 11.4 Å². The lowest BCUT2D eigenvalue weighted by Crippen LogP contribution is -2.00. The summed E-state index contributed by atoms with van der Waals surface area (Å²) >= 11 is 0. The number of rotatable bonds is 17. The second-order valence-electron chi connectivity index (χ2n) is 6.37. The van der Waals surface area contributed by atoms with Gasteiger partial charge in [-0.25, -0.2) is 0 Å². The van der Waals surface area contributed by atoms with Crippen molar-refractivity contribution in [3.05, 3.63) is 55.9 Å². The van der Waals surface area contributed by atoms with Crippen molar-refractivity contribution in [2.45, 2.75) is 84.0 Å². The molecule has 0 aromatic rings. The van der Waals surface area contributed by atoms with Gasteiger partial charge in [-0.2, -0.15) is 0 Å². The SMILES string of the molecule is CCCCCCCC/C=C\C/C(=C\C/C=C(\CCC[C]=O)[N+](=O)[O-])[N+](=O)[O-]. The molecule has 0 amide bonds. The van der Waals surface area contributed by atoms with Crippen LogP contribution in [0.2, 0.25) is 0 Å². The molecular weight excluding hydrogens is 348 g/mol. The molecule has 0 fully saturated rings. The van der Waals surface area contributed by atoms with E-state index in [0.29, 0.717) is 6.42 Å². The Labute approximate surface area is 161 Å². The van der Waals surface area contributed by atoms with E-state index in [1.807, 2.05) is 6.08 Å². The van der Waals surface area contributed by atoms with E-state index in [1.54, 1.807) is 12.4 Å². The number of allylic oxidation sites excluding steroid dienone is 5. The molecule has 0 spiro atoms. The minimum atomic E-state index is -0.509. The predicted octanol–water partition coefficient (Wildman–Crippen LogP) is 5.67.